The first-order chi connectivity index (χ1) is 13.2. The Morgan fingerprint density at radius 2 is 2.11 bits per heavy atom. The Bertz CT molecular complexity index is 1040. The van der Waals surface area contributed by atoms with Crippen LogP contribution in [0.25, 0.3) is 11.3 Å². The average Bonchev–Trinajstić information content (AvgIpc) is 3.14. The van der Waals surface area contributed by atoms with Crippen molar-refractivity contribution in [1.82, 2.24) is 15.0 Å². The molecule has 4 rings (SSSR count). The fourth-order valence-electron chi connectivity index (χ4n) is 3.46. The second-order valence-corrected chi connectivity index (χ2v) is 7.80. The summed E-state index contributed by atoms with van der Waals surface area (Å²) in [6.45, 7) is 3.27. The molecule has 2 aromatic heterocycles. The van der Waals surface area contributed by atoms with E-state index in [1.807, 2.05) is 6.92 Å². The normalized spacial score (nSPS) is 16.7. The lowest BCUT2D eigenvalue weighted by Gasteiger charge is -2.20. The van der Waals surface area contributed by atoms with E-state index >= 15 is 0 Å². The average molecular weight is 383 g/mol. The Labute approximate surface area is 161 Å². The SMILES string of the molecule is COC1=c2nc(CC(=O)c3cnc(C)s3)cnc2=C(C2=CCOCC2)CC1. The van der Waals surface area contributed by atoms with Gasteiger partial charge in [-0.3, -0.25) is 9.78 Å². The van der Waals surface area contributed by atoms with E-state index in [2.05, 4.69) is 16.0 Å². The van der Waals surface area contributed by atoms with E-state index in [1.165, 1.54) is 22.5 Å². The first kappa shape index (κ1) is 18.0. The maximum absolute atomic E-state index is 12.5. The lowest BCUT2D eigenvalue weighted by Crippen LogP contribution is -2.40. The smallest absolute Gasteiger partial charge is 0.180 e. The molecule has 1 aliphatic heterocycles. The molecule has 0 N–H and O–H groups in total. The molecule has 7 heteroatoms. The van der Waals surface area contributed by atoms with Gasteiger partial charge in [0, 0.05) is 18.8 Å². The molecular weight excluding hydrogens is 362 g/mol. The molecule has 0 saturated heterocycles. The molecule has 6 nitrogen and oxygen atoms in total. The highest BCUT2D eigenvalue weighted by Gasteiger charge is 2.19. The number of carbonyl (C=O) groups excluding carboxylic acids is 1. The maximum atomic E-state index is 12.5. The number of rotatable bonds is 5. The first-order valence-electron chi connectivity index (χ1n) is 9.00. The van der Waals surface area contributed by atoms with Gasteiger partial charge in [0.15, 0.2) is 5.78 Å². The largest absolute Gasteiger partial charge is 0.499 e. The highest BCUT2D eigenvalue weighted by Crippen LogP contribution is 2.25. The Kier molecular flexibility index (Phi) is 5.13. The molecule has 2 aromatic rings. The van der Waals surface area contributed by atoms with Gasteiger partial charge in [-0.05, 0) is 30.9 Å². The number of nitrogens with zero attached hydrogens (tertiary/aromatic N) is 3. The predicted octanol–water partition coefficient (Wildman–Crippen LogP) is 1.71. The molecule has 0 bridgehead atoms. The van der Waals surface area contributed by atoms with Crippen LogP contribution in [0.5, 0.6) is 0 Å². The molecule has 0 spiro atoms. The lowest BCUT2D eigenvalue weighted by molar-refractivity contribution is 0.0995. The molecule has 3 heterocycles. The van der Waals surface area contributed by atoms with Crippen molar-refractivity contribution in [2.24, 2.45) is 0 Å². The zero-order valence-corrected chi connectivity index (χ0v) is 16.3. The summed E-state index contributed by atoms with van der Waals surface area (Å²) in [6, 6.07) is 0. The van der Waals surface area contributed by atoms with Crippen LogP contribution in [0, 0.1) is 6.92 Å². The topological polar surface area (TPSA) is 74.2 Å². The highest BCUT2D eigenvalue weighted by molar-refractivity contribution is 7.13. The maximum Gasteiger partial charge on any atom is 0.180 e. The fourth-order valence-corrected chi connectivity index (χ4v) is 4.17. The molecule has 1 aliphatic carbocycles. The number of aromatic nitrogens is 3. The zero-order chi connectivity index (χ0) is 18.8. The minimum Gasteiger partial charge on any atom is -0.499 e. The van der Waals surface area contributed by atoms with Gasteiger partial charge in [-0.15, -0.1) is 11.3 Å². The number of hydrogen-bond acceptors (Lipinski definition) is 7. The van der Waals surface area contributed by atoms with Gasteiger partial charge < -0.3 is 9.47 Å². The molecule has 140 valence electrons. The van der Waals surface area contributed by atoms with Crippen LogP contribution in [-0.4, -0.2) is 41.1 Å². The number of carbonyl (C=O) groups is 1. The van der Waals surface area contributed by atoms with E-state index in [9.17, 15) is 4.79 Å². The van der Waals surface area contributed by atoms with Gasteiger partial charge in [0.05, 0.1) is 47.7 Å². The minimum atomic E-state index is 0.0148. The molecular formula is C20H21N3O3S. The summed E-state index contributed by atoms with van der Waals surface area (Å²) in [6.07, 6.45) is 8.25. The summed E-state index contributed by atoms with van der Waals surface area (Å²) in [5.41, 5.74) is 3.16. The molecule has 2 aliphatic rings. The van der Waals surface area contributed by atoms with Crippen LogP contribution >= 0.6 is 11.3 Å². The van der Waals surface area contributed by atoms with Crippen molar-refractivity contribution < 1.29 is 14.3 Å². The quantitative estimate of drug-likeness (QED) is 0.732. The third-order valence-electron chi connectivity index (χ3n) is 4.81. The van der Waals surface area contributed by atoms with Crippen molar-refractivity contribution in [2.75, 3.05) is 20.3 Å². The summed E-state index contributed by atoms with van der Waals surface area (Å²) in [5.74, 6) is 0.845. The summed E-state index contributed by atoms with van der Waals surface area (Å²) >= 11 is 1.41. The van der Waals surface area contributed by atoms with E-state index in [1.54, 1.807) is 19.5 Å². The summed E-state index contributed by atoms with van der Waals surface area (Å²) < 4.78 is 11.0. The van der Waals surface area contributed by atoms with Gasteiger partial charge in [-0.25, -0.2) is 9.97 Å². The van der Waals surface area contributed by atoms with Gasteiger partial charge in [-0.1, -0.05) is 6.08 Å². The molecule has 0 saturated carbocycles. The van der Waals surface area contributed by atoms with Gasteiger partial charge in [-0.2, -0.15) is 0 Å². The van der Waals surface area contributed by atoms with E-state index in [0.29, 0.717) is 17.2 Å². The van der Waals surface area contributed by atoms with Crippen molar-refractivity contribution in [3.63, 3.8) is 0 Å². The Morgan fingerprint density at radius 3 is 2.81 bits per heavy atom. The predicted molar refractivity (Wildman–Crippen MR) is 103 cm³/mol. The molecule has 0 unspecified atom stereocenters. The van der Waals surface area contributed by atoms with Crippen LogP contribution in [0.15, 0.2) is 24.0 Å². The number of ether oxygens (including phenoxy) is 2. The van der Waals surface area contributed by atoms with Crippen molar-refractivity contribution in [3.05, 3.63) is 50.3 Å². The second-order valence-electron chi connectivity index (χ2n) is 6.56. The Morgan fingerprint density at radius 1 is 1.22 bits per heavy atom. The monoisotopic (exact) mass is 383 g/mol. The molecule has 0 amide bonds. The Balaban J connectivity index is 1.74. The van der Waals surface area contributed by atoms with Crippen LogP contribution in [0.3, 0.4) is 0 Å². The number of hydrogen-bond donors (Lipinski definition) is 0. The fraction of sp³-hybridized carbons (Fsp3) is 0.400. The Hall–Kier alpha value is -2.38. The molecule has 0 aromatic carbocycles. The van der Waals surface area contributed by atoms with Gasteiger partial charge in [0.1, 0.15) is 11.1 Å². The van der Waals surface area contributed by atoms with Crippen molar-refractivity contribution in [1.29, 1.82) is 0 Å². The number of fused-ring (bicyclic) bond motifs is 1. The van der Waals surface area contributed by atoms with Crippen LogP contribution in [-0.2, 0) is 15.9 Å². The minimum absolute atomic E-state index is 0.0148. The van der Waals surface area contributed by atoms with Gasteiger partial charge in [0.25, 0.3) is 0 Å². The highest BCUT2D eigenvalue weighted by atomic mass is 32.1. The van der Waals surface area contributed by atoms with Crippen LogP contribution in [0.2, 0.25) is 0 Å². The van der Waals surface area contributed by atoms with Gasteiger partial charge >= 0.3 is 0 Å². The number of ketones is 1. The standard InChI is InChI=1S/C20H21N3O3S/c1-12-21-11-18(27-12)16(24)9-14-10-22-19-15(13-5-7-26-8-6-13)3-4-17(25-2)20(19)23-14/h5,10-11H,3-4,6-9H2,1-2H3. The number of Topliss-reactive ketones (excluding diaryl/α,β-unsaturated/α-hetero) is 1. The summed E-state index contributed by atoms with van der Waals surface area (Å²) in [5, 5.41) is 2.52. The second kappa shape index (κ2) is 7.70. The summed E-state index contributed by atoms with van der Waals surface area (Å²) in [4.78, 5) is 26.7. The molecule has 27 heavy (non-hydrogen) atoms. The van der Waals surface area contributed by atoms with Crippen LogP contribution in [0.4, 0.5) is 0 Å². The van der Waals surface area contributed by atoms with Crippen LogP contribution in [0.1, 0.15) is 39.6 Å². The summed E-state index contributed by atoms with van der Waals surface area (Å²) in [7, 11) is 1.66. The van der Waals surface area contributed by atoms with Crippen molar-refractivity contribution >= 4 is 28.5 Å². The third kappa shape index (κ3) is 3.70. The molecule has 0 radical (unpaired) electrons. The molecule has 0 atom stereocenters. The number of thiazole rings is 1. The van der Waals surface area contributed by atoms with E-state index < -0.39 is 0 Å². The number of methoxy groups -OCH3 is 1. The zero-order valence-electron chi connectivity index (χ0n) is 15.4. The van der Waals surface area contributed by atoms with E-state index in [0.717, 1.165) is 47.3 Å². The van der Waals surface area contributed by atoms with E-state index in [4.69, 9.17) is 14.5 Å². The van der Waals surface area contributed by atoms with Gasteiger partial charge in [0.2, 0.25) is 0 Å². The lowest BCUT2D eigenvalue weighted by atomic mass is 9.93. The van der Waals surface area contributed by atoms with Crippen molar-refractivity contribution in [3.8, 4) is 0 Å². The van der Waals surface area contributed by atoms with Crippen LogP contribution < -0.4 is 10.7 Å². The van der Waals surface area contributed by atoms with E-state index in [-0.39, 0.29) is 12.2 Å². The third-order valence-corrected chi connectivity index (χ3v) is 5.76. The number of aryl methyl sites for hydroxylation is 1. The molecule has 0 fully saturated rings. The first-order valence-corrected chi connectivity index (χ1v) is 9.82. The van der Waals surface area contributed by atoms with Crippen molar-refractivity contribution in [2.45, 2.75) is 32.6 Å².